The lowest BCUT2D eigenvalue weighted by molar-refractivity contribution is -0.144. The smallest absolute Gasteiger partial charge is 0.323 e. The number of aliphatic carboxylic acids is 1. The van der Waals surface area contributed by atoms with Crippen LogP contribution in [0, 0.1) is 0 Å². The number of hydrogen-bond donors (Lipinski definition) is 2. The monoisotopic (exact) mass is 293 g/mol. The summed E-state index contributed by atoms with van der Waals surface area (Å²) in [5.74, 6) is 0.0426. The van der Waals surface area contributed by atoms with Gasteiger partial charge >= 0.3 is 5.97 Å². The molecular formula is C14H19N3O2S. The van der Waals surface area contributed by atoms with E-state index in [2.05, 4.69) is 10.3 Å². The molecule has 0 aromatic carbocycles. The molecule has 0 saturated carbocycles. The average Bonchev–Trinajstić information content (AvgIpc) is 3.08. The van der Waals surface area contributed by atoms with Crippen LogP contribution in [0.4, 0.5) is 0 Å². The third-order valence-electron chi connectivity index (χ3n) is 3.61. The molecule has 0 aliphatic heterocycles. The molecule has 2 heterocycles. The van der Waals surface area contributed by atoms with E-state index >= 15 is 0 Å². The normalized spacial score (nSPS) is 15.8. The van der Waals surface area contributed by atoms with Gasteiger partial charge in [-0.3, -0.25) is 4.79 Å². The highest BCUT2D eigenvalue weighted by atomic mass is 32.1. The van der Waals surface area contributed by atoms with Crippen molar-refractivity contribution in [1.82, 2.24) is 14.9 Å². The number of carboxylic acid groups (broad SMARTS) is 1. The zero-order valence-corrected chi connectivity index (χ0v) is 12.6. The first-order valence-corrected chi connectivity index (χ1v) is 7.35. The minimum atomic E-state index is -0.948. The summed E-state index contributed by atoms with van der Waals surface area (Å²) >= 11 is 1.63. The third kappa shape index (κ3) is 2.76. The fraction of sp³-hybridized carbons (Fsp3) is 0.429. The first-order valence-electron chi connectivity index (χ1n) is 6.47. The van der Waals surface area contributed by atoms with E-state index in [0.29, 0.717) is 6.42 Å². The summed E-state index contributed by atoms with van der Waals surface area (Å²) in [6, 6.07) is 4.03. The van der Waals surface area contributed by atoms with Gasteiger partial charge in [0.1, 0.15) is 11.4 Å². The predicted octanol–water partition coefficient (Wildman–Crippen LogP) is 2.63. The van der Waals surface area contributed by atoms with Crippen molar-refractivity contribution in [2.24, 2.45) is 0 Å². The van der Waals surface area contributed by atoms with E-state index in [1.807, 2.05) is 35.2 Å². The third-order valence-corrected chi connectivity index (χ3v) is 4.48. The summed E-state index contributed by atoms with van der Waals surface area (Å²) < 4.78 is 2.03. The van der Waals surface area contributed by atoms with E-state index in [4.69, 9.17) is 0 Å². The Balaban J connectivity index is 2.25. The molecule has 0 bridgehead atoms. The van der Waals surface area contributed by atoms with Crippen molar-refractivity contribution >= 4 is 17.3 Å². The van der Waals surface area contributed by atoms with Crippen LogP contribution < -0.4 is 5.32 Å². The molecule has 2 N–H and O–H groups in total. The number of nitrogens with zero attached hydrogens (tertiary/aromatic N) is 2. The quantitative estimate of drug-likeness (QED) is 0.859. The van der Waals surface area contributed by atoms with Gasteiger partial charge in [0.15, 0.2) is 0 Å². The molecule has 2 rings (SSSR count). The summed E-state index contributed by atoms with van der Waals surface area (Å²) in [5.41, 5.74) is -0.948. The molecule has 2 aromatic heterocycles. The Morgan fingerprint density at radius 2 is 2.40 bits per heavy atom. The largest absolute Gasteiger partial charge is 0.480 e. The van der Waals surface area contributed by atoms with Crippen LogP contribution in [0.1, 0.15) is 26.3 Å². The Morgan fingerprint density at radius 1 is 1.65 bits per heavy atom. The summed E-state index contributed by atoms with van der Waals surface area (Å²) in [7, 11) is 1.68. The van der Waals surface area contributed by atoms with Gasteiger partial charge in [-0.1, -0.05) is 6.07 Å². The van der Waals surface area contributed by atoms with Crippen LogP contribution in [0.2, 0.25) is 0 Å². The maximum atomic E-state index is 11.4. The van der Waals surface area contributed by atoms with E-state index in [1.165, 1.54) is 0 Å². The van der Waals surface area contributed by atoms with Crippen LogP contribution in [-0.4, -0.2) is 33.2 Å². The molecule has 0 amide bonds. The number of rotatable bonds is 6. The van der Waals surface area contributed by atoms with Gasteiger partial charge in [0.05, 0.1) is 4.88 Å². The first-order chi connectivity index (χ1) is 9.48. The van der Waals surface area contributed by atoms with Gasteiger partial charge in [-0.2, -0.15) is 0 Å². The summed E-state index contributed by atoms with van der Waals surface area (Å²) in [4.78, 5) is 16.9. The van der Waals surface area contributed by atoms with Crippen LogP contribution in [0.15, 0.2) is 29.9 Å². The van der Waals surface area contributed by atoms with Gasteiger partial charge in [0.2, 0.25) is 0 Å². The van der Waals surface area contributed by atoms with Crippen molar-refractivity contribution in [3.8, 4) is 10.7 Å². The SMILES string of the molecule is CNC(C)(CC(C)n1ccnc1-c1cccs1)C(=O)O. The Kier molecular flexibility index (Phi) is 4.25. The molecule has 0 saturated heterocycles. The van der Waals surface area contributed by atoms with Crippen molar-refractivity contribution in [3.63, 3.8) is 0 Å². The molecule has 0 fully saturated rings. The number of likely N-dealkylation sites (N-methyl/N-ethyl adjacent to an activating group) is 1. The van der Waals surface area contributed by atoms with E-state index in [9.17, 15) is 9.90 Å². The van der Waals surface area contributed by atoms with Crippen LogP contribution in [0.5, 0.6) is 0 Å². The van der Waals surface area contributed by atoms with Crippen LogP contribution in [-0.2, 0) is 4.79 Å². The van der Waals surface area contributed by atoms with Crippen molar-refractivity contribution in [2.75, 3.05) is 7.05 Å². The Morgan fingerprint density at radius 3 is 2.95 bits per heavy atom. The zero-order valence-electron chi connectivity index (χ0n) is 11.8. The molecule has 0 spiro atoms. The second-order valence-corrected chi connectivity index (χ2v) is 6.02. The second-order valence-electron chi connectivity index (χ2n) is 5.08. The average molecular weight is 293 g/mol. The fourth-order valence-electron chi connectivity index (χ4n) is 2.25. The molecule has 6 heteroatoms. The maximum Gasteiger partial charge on any atom is 0.323 e. The van der Waals surface area contributed by atoms with Crippen molar-refractivity contribution in [3.05, 3.63) is 29.9 Å². The minimum Gasteiger partial charge on any atom is -0.480 e. The van der Waals surface area contributed by atoms with Gasteiger partial charge in [-0.15, -0.1) is 11.3 Å². The van der Waals surface area contributed by atoms with Gasteiger partial charge < -0.3 is 15.0 Å². The highest BCUT2D eigenvalue weighted by Crippen LogP contribution is 2.29. The number of carboxylic acids is 1. The summed E-state index contributed by atoms with van der Waals surface area (Å²) in [6.45, 7) is 3.71. The van der Waals surface area contributed by atoms with E-state index in [1.54, 1.807) is 31.5 Å². The summed E-state index contributed by atoms with van der Waals surface area (Å²) in [6.07, 6.45) is 4.13. The Hall–Kier alpha value is -1.66. The highest BCUT2D eigenvalue weighted by Gasteiger charge is 2.33. The zero-order chi connectivity index (χ0) is 14.8. The topological polar surface area (TPSA) is 67.2 Å². The standard InChI is InChI=1S/C14H19N3O2S/c1-10(9-14(2,15-3)13(18)19)17-7-6-16-12(17)11-5-4-8-20-11/h4-8,10,15H,9H2,1-3H3,(H,18,19). The van der Waals surface area contributed by atoms with Gasteiger partial charge in [0, 0.05) is 18.4 Å². The number of carbonyl (C=O) groups is 1. The second kappa shape index (κ2) is 5.76. The first kappa shape index (κ1) is 14.7. The lowest BCUT2D eigenvalue weighted by Gasteiger charge is -2.28. The number of imidazole rings is 1. The molecule has 2 aromatic rings. The lowest BCUT2D eigenvalue weighted by atomic mass is 9.94. The molecule has 0 aliphatic rings. The predicted molar refractivity (Wildman–Crippen MR) is 80.0 cm³/mol. The Bertz CT molecular complexity index is 579. The fourth-order valence-corrected chi connectivity index (χ4v) is 2.98. The molecule has 20 heavy (non-hydrogen) atoms. The molecule has 2 unspecified atom stereocenters. The van der Waals surface area contributed by atoms with E-state index in [-0.39, 0.29) is 6.04 Å². The van der Waals surface area contributed by atoms with Crippen LogP contribution in [0.3, 0.4) is 0 Å². The van der Waals surface area contributed by atoms with Crippen molar-refractivity contribution in [1.29, 1.82) is 0 Å². The number of aromatic nitrogens is 2. The lowest BCUT2D eigenvalue weighted by Crippen LogP contribution is -2.48. The number of hydrogen-bond acceptors (Lipinski definition) is 4. The van der Waals surface area contributed by atoms with Crippen LogP contribution in [0.25, 0.3) is 10.7 Å². The van der Waals surface area contributed by atoms with Crippen molar-refractivity contribution < 1.29 is 9.90 Å². The van der Waals surface area contributed by atoms with Gasteiger partial charge in [-0.25, -0.2) is 4.98 Å². The number of nitrogens with one attached hydrogen (secondary N) is 1. The Labute approximate surface area is 122 Å². The molecule has 2 atom stereocenters. The van der Waals surface area contributed by atoms with Gasteiger partial charge in [0.25, 0.3) is 0 Å². The summed E-state index contributed by atoms with van der Waals surface area (Å²) in [5, 5.41) is 14.2. The minimum absolute atomic E-state index is 0.0307. The van der Waals surface area contributed by atoms with E-state index in [0.717, 1.165) is 10.7 Å². The molecule has 0 radical (unpaired) electrons. The number of thiophene rings is 1. The molecular weight excluding hydrogens is 274 g/mol. The van der Waals surface area contributed by atoms with E-state index < -0.39 is 11.5 Å². The van der Waals surface area contributed by atoms with Crippen molar-refractivity contribution in [2.45, 2.75) is 31.8 Å². The highest BCUT2D eigenvalue weighted by molar-refractivity contribution is 7.13. The molecule has 5 nitrogen and oxygen atoms in total. The molecule has 108 valence electrons. The van der Waals surface area contributed by atoms with Crippen LogP contribution >= 0.6 is 11.3 Å². The maximum absolute atomic E-state index is 11.4. The molecule has 0 aliphatic carbocycles. The van der Waals surface area contributed by atoms with Gasteiger partial charge in [-0.05, 0) is 38.8 Å².